The van der Waals surface area contributed by atoms with E-state index < -0.39 is 37.7 Å². The highest BCUT2D eigenvalue weighted by molar-refractivity contribution is 5.92. The van der Waals surface area contributed by atoms with Gasteiger partial charge in [-0.25, -0.2) is 14.8 Å². The van der Waals surface area contributed by atoms with Crippen LogP contribution < -0.4 is 10.5 Å². The molecule has 6 N–H and O–H groups in total. The number of likely N-dealkylation sites (tertiary alicyclic amines) is 1. The van der Waals surface area contributed by atoms with Crippen LogP contribution in [0.25, 0.3) is 11.0 Å². The van der Waals surface area contributed by atoms with E-state index in [1.807, 2.05) is 18.2 Å². The van der Waals surface area contributed by atoms with E-state index in [0.29, 0.717) is 24.2 Å². The van der Waals surface area contributed by atoms with E-state index in [2.05, 4.69) is 14.5 Å². The molecule has 0 spiro atoms. The molecule has 4 aromatic rings. The molecule has 14 heteroatoms. The predicted molar refractivity (Wildman–Crippen MR) is 176 cm³/mol. The third-order valence-electron chi connectivity index (χ3n) is 8.84. The van der Waals surface area contributed by atoms with Crippen molar-refractivity contribution in [3.63, 3.8) is 0 Å². The van der Waals surface area contributed by atoms with E-state index in [1.165, 1.54) is 0 Å². The summed E-state index contributed by atoms with van der Waals surface area (Å²) in [5, 5.41) is 43.5. The van der Waals surface area contributed by atoms with Crippen LogP contribution in [-0.4, -0.2) is 97.0 Å². The molecule has 260 valence electrons. The summed E-state index contributed by atoms with van der Waals surface area (Å²) >= 11 is 0. The van der Waals surface area contributed by atoms with Crippen LogP contribution in [0.3, 0.4) is 0 Å². The molecule has 49 heavy (non-hydrogen) atoms. The number of carbonyl (C=O) groups is 1. The van der Waals surface area contributed by atoms with E-state index in [-0.39, 0.29) is 23.5 Å². The van der Waals surface area contributed by atoms with Gasteiger partial charge in [0.05, 0.1) is 72.8 Å². The average molecular weight is 677 g/mol. The minimum absolute atomic E-state index is 0.117. The van der Waals surface area contributed by atoms with Crippen molar-refractivity contribution in [2.75, 3.05) is 39.5 Å². The summed E-state index contributed by atoms with van der Waals surface area (Å²) in [6.45, 7) is 2.54. The topological polar surface area (TPSA) is 200 Å². The fourth-order valence-electron chi connectivity index (χ4n) is 5.61. The van der Waals surface area contributed by atoms with Crippen LogP contribution in [-0.2, 0) is 17.8 Å². The quantitative estimate of drug-likeness (QED) is 0.147. The first kappa shape index (κ1) is 35.8. The van der Waals surface area contributed by atoms with Crippen LogP contribution in [0, 0.1) is 11.3 Å². The number of carboxylic acid groups (broad SMARTS) is 1. The van der Waals surface area contributed by atoms with Crippen molar-refractivity contribution in [2.45, 2.75) is 56.3 Å². The number of pyridine rings is 1. The molecule has 1 unspecified atom stereocenters. The first-order valence-corrected chi connectivity index (χ1v) is 16.1. The highest BCUT2D eigenvalue weighted by atomic mass is 19.1. The van der Waals surface area contributed by atoms with Gasteiger partial charge < -0.3 is 40.2 Å². The summed E-state index contributed by atoms with van der Waals surface area (Å²) in [7, 11) is 0. The Kier molecular flexibility index (Phi) is 11.9. The number of ether oxygens (including phenoxy) is 2. The third kappa shape index (κ3) is 8.95. The molecule has 0 amide bonds. The molecule has 0 radical (unpaired) electrons. The molecule has 2 saturated heterocycles. The van der Waals surface area contributed by atoms with Crippen LogP contribution in [0.4, 0.5) is 4.39 Å². The Balaban J connectivity index is 0.000000523. The number of nitrogens with two attached hydrogens (primary N) is 1. The lowest BCUT2D eigenvalue weighted by atomic mass is 9.93. The fraction of sp³-hybridized carbons (Fsp3) is 0.429. The van der Waals surface area contributed by atoms with Gasteiger partial charge in [0.15, 0.2) is 0 Å². The summed E-state index contributed by atoms with van der Waals surface area (Å²) < 4.78 is 28.0. The van der Waals surface area contributed by atoms with Gasteiger partial charge >= 0.3 is 5.97 Å². The third-order valence-corrected chi connectivity index (χ3v) is 8.84. The van der Waals surface area contributed by atoms with Gasteiger partial charge in [-0.15, -0.1) is 0 Å². The van der Waals surface area contributed by atoms with Crippen molar-refractivity contribution in [1.29, 1.82) is 5.26 Å². The number of aromatic nitrogens is 3. The molecule has 2 aliphatic rings. The maximum Gasteiger partial charge on any atom is 0.335 e. The standard InChI is InChI=1S/C31H30FN5O4.C4H11NO3/c32-30(22-6-4-20(17-33)5-7-22)41-29-3-1-2-25(35-29)21-10-13-36(14-11-21)19-28-34-26-9-8-23(31(38)39)16-27(26)37(28)18-24-12-15-40-24;5-4(1-6,2-7)3-8/h1-9,16,21,24,30H,10-15,18-19H2,(H,38,39);6-8H,1-3,5H2/t24-,30?;/m0./s1. The number of aliphatic hydroxyl groups excluding tert-OH is 3. The number of hydrogen-bond acceptors (Lipinski definition) is 11. The van der Waals surface area contributed by atoms with Crippen LogP contribution >= 0.6 is 0 Å². The van der Waals surface area contributed by atoms with E-state index in [4.69, 9.17) is 40.8 Å². The molecule has 4 heterocycles. The molecule has 2 atom stereocenters. The molecule has 2 aliphatic heterocycles. The minimum atomic E-state index is -1.68. The summed E-state index contributed by atoms with van der Waals surface area (Å²) in [5.74, 6) is 0.405. The van der Waals surface area contributed by atoms with Gasteiger partial charge in [-0.05, 0) is 68.8 Å². The Morgan fingerprint density at radius 2 is 1.76 bits per heavy atom. The Labute approximate surface area is 283 Å². The number of rotatable bonds is 12. The number of benzene rings is 2. The molecule has 0 aliphatic carbocycles. The minimum Gasteiger partial charge on any atom is -0.478 e. The smallest absolute Gasteiger partial charge is 0.335 e. The van der Waals surface area contributed by atoms with Gasteiger partial charge in [-0.1, -0.05) is 18.2 Å². The van der Waals surface area contributed by atoms with E-state index >= 15 is 0 Å². The number of nitriles is 1. The molecule has 0 saturated carbocycles. The second kappa shape index (κ2) is 16.3. The van der Waals surface area contributed by atoms with Gasteiger partial charge in [0.1, 0.15) is 5.82 Å². The van der Waals surface area contributed by atoms with Crippen LogP contribution in [0.1, 0.15) is 64.5 Å². The van der Waals surface area contributed by atoms with Gasteiger partial charge in [0, 0.05) is 29.8 Å². The number of carboxylic acids is 1. The lowest BCUT2D eigenvalue weighted by Gasteiger charge is -2.32. The summed E-state index contributed by atoms with van der Waals surface area (Å²) in [5.41, 5.74) is 7.46. The average Bonchev–Trinajstić information content (AvgIpc) is 3.45. The van der Waals surface area contributed by atoms with Gasteiger partial charge in [-0.3, -0.25) is 4.90 Å². The second-order valence-corrected chi connectivity index (χ2v) is 12.4. The molecule has 2 aromatic heterocycles. The van der Waals surface area contributed by atoms with E-state index in [9.17, 15) is 14.3 Å². The Morgan fingerprint density at radius 1 is 1.06 bits per heavy atom. The number of hydrogen-bond donors (Lipinski definition) is 5. The lowest BCUT2D eigenvalue weighted by Crippen LogP contribution is -2.50. The Morgan fingerprint density at radius 3 is 2.33 bits per heavy atom. The zero-order valence-electron chi connectivity index (χ0n) is 27.0. The monoisotopic (exact) mass is 676 g/mol. The molecular formula is C35H41FN6O7. The predicted octanol–water partition coefficient (Wildman–Crippen LogP) is 2.88. The molecule has 2 fully saturated rings. The van der Waals surface area contributed by atoms with Crippen molar-refractivity contribution in [3.05, 3.63) is 88.9 Å². The van der Waals surface area contributed by atoms with E-state index in [0.717, 1.165) is 61.5 Å². The van der Waals surface area contributed by atoms with Crippen LogP contribution in [0.2, 0.25) is 0 Å². The van der Waals surface area contributed by atoms with Crippen molar-refractivity contribution in [2.24, 2.45) is 5.73 Å². The molecular weight excluding hydrogens is 635 g/mol. The number of alkyl halides is 1. The Hall–Kier alpha value is -4.49. The summed E-state index contributed by atoms with van der Waals surface area (Å²) in [6.07, 6.45) is 1.20. The number of halogens is 1. The maximum atomic E-state index is 14.8. The number of nitrogens with zero attached hydrogens (tertiary/aromatic N) is 5. The van der Waals surface area contributed by atoms with Gasteiger partial charge in [0.25, 0.3) is 6.36 Å². The number of piperidine rings is 1. The van der Waals surface area contributed by atoms with Crippen molar-refractivity contribution < 1.29 is 39.1 Å². The Bertz CT molecular complexity index is 1740. The van der Waals surface area contributed by atoms with Crippen LogP contribution in [0.5, 0.6) is 5.88 Å². The van der Waals surface area contributed by atoms with E-state index in [1.54, 1.807) is 48.5 Å². The van der Waals surface area contributed by atoms with Crippen molar-refractivity contribution in [1.82, 2.24) is 19.4 Å². The largest absolute Gasteiger partial charge is 0.478 e. The molecule has 2 aromatic carbocycles. The van der Waals surface area contributed by atoms with Gasteiger partial charge in [0.2, 0.25) is 5.88 Å². The normalized spacial score (nSPS) is 17.4. The highest BCUT2D eigenvalue weighted by Gasteiger charge is 2.26. The number of aromatic carboxylic acids is 1. The fourth-order valence-corrected chi connectivity index (χ4v) is 5.61. The lowest BCUT2D eigenvalue weighted by molar-refractivity contribution is -0.0592. The molecule has 6 rings (SSSR count). The molecule has 13 nitrogen and oxygen atoms in total. The van der Waals surface area contributed by atoms with Crippen molar-refractivity contribution in [3.8, 4) is 11.9 Å². The van der Waals surface area contributed by atoms with Gasteiger partial charge in [-0.2, -0.15) is 9.65 Å². The number of aliphatic hydroxyl groups is 3. The number of imidazole rings is 1. The zero-order chi connectivity index (χ0) is 35.0. The van der Waals surface area contributed by atoms with Crippen LogP contribution in [0.15, 0.2) is 60.7 Å². The highest BCUT2D eigenvalue weighted by Crippen LogP contribution is 2.31. The maximum absolute atomic E-state index is 14.8. The van der Waals surface area contributed by atoms with Crippen molar-refractivity contribution >= 4 is 17.0 Å². The summed E-state index contributed by atoms with van der Waals surface area (Å²) in [4.78, 5) is 23.4. The second-order valence-electron chi connectivity index (χ2n) is 12.4. The zero-order valence-corrected chi connectivity index (χ0v) is 27.0. The first-order chi connectivity index (χ1) is 23.6. The molecule has 0 bridgehead atoms. The number of fused-ring (bicyclic) bond motifs is 1. The first-order valence-electron chi connectivity index (χ1n) is 16.1. The summed E-state index contributed by atoms with van der Waals surface area (Å²) in [6, 6.07) is 18.7. The SMILES string of the molecule is N#Cc1ccc(C(F)Oc2cccc(C3CCN(Cc4nc5ccc(C(=O)O)cc5n4C[C@@H]4CCO4)CC3)n2)cc1.NC(CO)(CO)CO.